The monoisotopic (exact) mass is 1470 g/mol. The molecular formula is C102H56N8O3S. The van der Waals surface area contributed by atoms with Gasteiger partial charge in [-0.15, -0.1) is 11.3 Å². The molecule has 0 saturated carbocycles. The second-order valence-corrected chi connectivity index (χ2v) is 30.7. The Bertz CT molecular complexity index is 8470. The van der Waals surface area contributed by atoms with Crippen LogP contribution in [0.2, 0.25) is 0 Å². The summed E-state index contributed by atoms with van der Waals surface area (Å²) in [6.45, 7) is 0. The Morgan fingerprint density at radius 1 is 0.211 bits per heavy atom. The first kappa shape index (κ1) is 62.6. The maximum atomic E-state index is 7.14. The minimum absolute atomic E-state index is 0.517. The number of fused-ring (bicyclic) bond motifs is 21. The van der Waals surface area contributed by atoms with Crippen LogP contribution < -0.4 is 0 Å². The second-order valence-electron chi connectivity index (χ2n) is 29.6. The average Bonchev–Trinajstić information content (AvgIpc) is 1.59. The number of hydrogen-bond donors (Lipinski definition) is 0. The van der Waals surface area contributed by atoms with Crippen LogP contribution in [-0.2, 0) is 0 Å². The summed E-state index contributed by atoms with van der Waals surface area (Å²) in [6.07, 6.45) is 0. The van der Waals surface area contributed by atoms with Gasteiger partial charge < -0.3 is 22.4 Å². The van der Waals surface area contributed by atoms with E-state index >= 15 is 0 Å². The lowest BCUT2D eigenvalue weighted by atomic mass is 9.97. The van der Waals surface area contributed by atoms with Crippen molar-refractivity contribution in [1.29, 1.82) is 0 Å². The third kappa shape index (κ3) is 9.55. The van der Waals surface area contributed by atoms with Crippen LogP contribution in [0.1, 0.15) is 0 Å². The smallest absolute Gasteiger partial charge is 0.164 e. The van der Waals surface area contributed by atoms with Crippen LogP contribution in [0.4, 0.5) is 0 Å². The minimum atomic E-state index is 0.517. The molecule has 8 heterocycles. The van der Waals surface area contributed by atoms with Gasteiger partial charge in [0.2, 0.25) is 0 Å². The van der Waals surface area contributed by atoms with Crippen molar-refractivity contribution in [2.24, 2.45) is 0 Å². The number of benzene rings is 17. The van der Waals surface area contributed by atoms with Gasteiger partial charge >= 0.3 is 0 Å². The zero-order valence-corrected chi connectivity index (χ0v) is 61.4. The fourth-order valence-corrected chi connectivity index (χ4v) is 19.0. The predicted molar refractivity (Wildman–Crippen MR) is 467 cm³/mol. The third-order valence-electron chi connectivity index (χ3n) is 23.1. The Hall–Kier alpha value is -15.2. The number of thiophene rings is 1. The van der Waals surface area contributed by atoms with Gasteiger partial charge in [-0.2, -0.15) is 0 Å². The molecule has 114 heavy (non-hydrogen) atoms. The fraction of sp³-hybridized carbons (Fsp3) is 0. The van der Waals surface area contributed by atoms with Crippen LogP contribution in [0.25, 0.3) is 253 Å². The van der Waals surface area contributed by atoms with E-state index in [-0.39, 0.29) is 0 Å². The molecule has 0 radical (unpaired) electrons. The highest BCUT2D eigenvalue weighted by molar-refractivity contribution is 7.25. The highest BCUT2D eigenvalue weighted by atomic mass is 32.1. The SMILES string of the molecule is c1ccc(-c2nc(-c3ccc4c(c3)sc3cc(-c5cccc6c5c5cc7ccccc7cc5n6-c5cc(-c6nc(-c7ccc8c(c7)oc7ccccc78)nc(-c7cccc8ccccc78)n6)cc6c5oc5ccccc56)ccc34)nc(-c3cc(-n4c5ccccc5c5cc6ccccc6cc54)c4oc5ccccc5c4c3)n2)cc1. The standard InChI is InChI=1S/C102H56N8O3S/c1-2-21-58(22-3-1)97-103-99(106-100(104-97)66-48-79-72-31-12-16-38-89(72)112-95(79)86(52-66)109-82-35-14-10-29-70(82)78-46-59-23-4-6-25-61(59)50-84(78)109)65-42-45-76-75-44-40-63(55-92(75)114-93(76)56-65)69-33-19-36-83-94(69)81-47-60-24-5-7-26-62(60)51-85(81)110(83)87-53-67(49-80-73-32-13-17-39-90(73)113-96(80)87)101-105-98(64-41-43-74-71-30-11-15-37-88(71)111-91(74)54-64)107-102(108-101)77-34-18-27-57-20-8-9-28-68(57)77/h1-56H. The van der Waals surface area contributed by atoms with Crippen molar-refractivity contribution in [3.8, 4) is 90.8 Å². The molecule has 0 aliphatic heterocycles. The lowest BCUT2D eigenvalue weighted by molar-refractivity contribution is 0.666. The first-order chi connectivity index (χ1) is 56.4. The Kier molecular flexibility index (Phi) is 13.3. The molecule has 11 nitrogen and oxygen atoms in total. The van der Waals surface area contributed by atoms with Crippen molar-refractivity contribution in [2.75, 3.05) is 0 Å². The zero-order chi connectivity index (χ0) is 74.4. The maximum Gasteiger partial charge on any atom is 0.164 e. The number of para-hydroxylation sites is 4. The predicted octanol–water partition coefficient (Wildman–Crippen LogP) is 27.4. The van der Waals surface area contributed by atoms with Crippen LogP contribution in [0.5, 0.6) is 0 Å². The molecular weight excluding hydrogens is 1420 g/mol. The Morgan fingerprint density at radius 2 is 0.632 bits per heavy atom. The Balaban J connectivity index is 0.653. The molecule has 0 N–H and O–H groups in total. The van der Waals surface area contributed by atoms with Crippen molar-refractivity contribution >= 4 is 173 Å². The fourth-order valence-electron chi connectivity index (χ4n) is 17.9. The zero-order valence-electron chi connectivity index (χ0n) is 60.5. The number of rotatable bonds is 9. The molecule has 0 atom stereocenters. The van der Waals surface area contributed by atoms with Crippen molar-refractivity contribution in [1.82, 2.24) is 39.0 Å². The van der Waals surface area contributed by atoms with Crippen molar-refractivity contribution in [2.45, 2.75) is 0 Å². The van der Waals surface area contributed by atoms with E-state index in [1.165, 1.54) is 10.8 Å². The van der Waals surface area contributed by atoms with Gasteiger partial charge in [0, 0.05) is 107 Å². The first-order valence-electron chi connectivity index (χ1n) is 38.2. The minimum Gasteiger partial charge on any atom is -0.456 e. The van der Waals surface area contributed by atoms with Crippen molar-refractivity contribution in [3.63, 3.8) is 0 Å². The molecule has 25 aromatic rings. The molecule has 0 amide bonds. The van der Waals surface area contributed by atoms with Gasteiger partial charge in [-0.25, -0.2) is 29.9 Å². The molecule has 12 heteroatoms. The molecule has 25 rings (SSSR count). The van der Waals surface area contributed by atoms with E-state index in [1.54, 1.807) is 11.3 Å². The van der Waals surface area contributed by atoms with Crippen LogP contribution in [0.15, 0.2) is 353 Å². The van der Waals surface area contributed by atoms with E-state index in [0.29, 0.717) is 34.9 Å². The number of aromatic nitrogens is 8. The molecule has 0 fully saturated rings. The molecule has 8 aromatic heterocycles. The van der Waals surface area contributed by atoms with E-state index < -0.39 is 0 Å². The topological polar surface area (TPSA) is 127 Å². The van der Waals surface area contributed by atoms with E-state index in [4.69, 9.17) is 43.2 Å². The van der Waals surface area contributed by atoms with E-state index in [2.05, 4.69) is 294 Å². The summed E-state index contributed by atoms with van der Waals surface area (Å²) in [5, 5.41) is 19.6. The van der Waals surface area contributed by atoms with Crippen LogP contribution in [0, 0.1) is 0 Å². The molecule has 0 aliphatic carbocycles. The van der Waals surface area contributed by atoms with Gasteiger partial charge in [-0.05, 0) is 147 Å². The molecule has 0 spiro atoms. The van der Waals surface area contributed by atoms with Crippen LogP contribution in [0.3, 0.4) is 0 Å². The summed E-state index contributed by atoms with van der Waals surface area (Å²) in [4.78, 5) is 32.5. The van der Waals surface area contributed by atoms with Crippen LogP contribution >= 0.6 is 11.3 Å². The molecule has 0 bridgehead atoms. The van der Waals surface area contributed by atoms with Crippen molar-refractivity contribution < 1.29 is 13.3 Å². The van der Waals surface area contributed by atoms with Gasteiger partial charge in [0.05, 0.1) is 33.4 Å². The lowest BCUT2D eigenvalue weighted by Gasteiger charge is -2.13. The third-order valence-corrected chi connectivity index (χ3v) is 24.2. The van der Waals surface area contributed by atoms with E-state index in [0.717, 1.165) is 207 Å². The van der Waals surface area contributed by atoms with Gasteiger partial charge in [0.1, 0.15) is 22.3 Å². The summed E-state index contributed by atoms with van der Waals surface area (Å²) in [5.74, 6) is 3.30. The molecule has 0 saturated heterocycles. The number of hydrogen-bond acceptors (Lipinski definition) is 10. The molecule has 0 unspecified atom stereocenters. The normalized spacial score (nSPS) is 12.2. The first-order valence-corrected chi connectivity index (χ1v) is 39.0. The average molecular weight is 1470 g/mol. The largest absolute Gasteiger partial charge is 0.456 e. The Labute approximate surface area is 651 Å². The highest BCUT2D eigenvalue weighted by Gasteiger charge is 2.27. The lowest BCUT2D eigenvalue weighted by Crippen LogP contribution is -2.02. The van der Waals surface area contributed by atoms with E-state index in [1.807, 2.05) is 54.6 Å². The van der Waals surface area contributed by atoms with E-state index in [9.17, 15) is 0 Å². The van der Waals surface area contributed by atoms with Crippen molar-refractivity contribution in [3.05, 3.63) is 340 Å². The summed E-state index contributed by atoms with van der Waals surface area (Å²) in [5.41, 5.74) is 18.0. The summed E-state index contributed by atoms with van der Waals surface area (Å²) in [7, 11) is 0. The highest BCUT2D eigenvalue weighted by Crippen LogP contribution is 2.48. The maximum absolute atomic E-state index is 7.14. The van der Waals surface area contributed by atoms with Gasteiger partial charge in [0.15, 0.2) is 46.1 Å². The molecule has 0 aliphatic rings. The summed E-state index contributed by atoms with van der Waals surface area (Å²) >= 11 is 1.78. The summed E-state index contributed by atoms with van der Waals surface area (Å²) in [6, 6.07) is 120. The van der Waals surface area contributed by atoms with Gasteiger partial charge in [0.25, 0.3) is 0 Å². The second kappa shape index (κ2) is 24.1. The van der Waals surface area contributed by atoms with Crippen LogP contribution in [-0.4, -0.2) is 39.0 Å². The Morgan fingerprint density at radius 3 is 1.27 bits per heavy atom. The summed E-state index contributed by atoms with van der Waals surface area (Å²) < 4.78 is 27.6. The van der Waals surface area contributed by atoms with Gasteiger partial charge in [-0.3, -0.25) is 0 Å². The molecule has 17 aromatic carbocycles. The quantitative estimate of drug-likeness (QED) is 0.139. The number of nitrogens with zero attached hydrogens (tertiary/aromatic N) is 8. The van der Waals surface area contributed by atoms with Gasteiger partial charge in [-0.1, -0.05) is 237 Å². The number of furan rings is 3. The molecule has 528 valence electrons.